The van der Waals surface area contributed by atoms with Crippen molar-refractivity contribution in [2.75, 3.05) is 32.6 Å². The molecule has 0 saturated carbocycles. The molecule has 1 aromatic carbocycles. The van der Waals surface area contributed by atoms with E-state index in [0.29, 0.717) is 12.3 Å². The van der Waals surface area contributed by atoms with Gasteiger partial charge in [0.1, 0.15) is 0 Å². The molecule has 1 atom stereocenters. The number of hydrogen-bond donors (Lipinski definition) is 0. The van der Waals surface area contributed by atoms with Crippen LogP contribution in [0, 0.1) is 11.3 Å². The van der Waals surface area contributed by atoms with Gasteiger partial charge in [0.25, 0.3) is 0 Å². The Morgan fingerprint density at radius 2 is 1.93 bits per heavy atom. The molecule has 3 heteroatoms. The number of rotatable bonds is 8. The van der Waals surface area contributed by atoms with E-state index in [4.69, 9.17) is 5.26 Å². The molecular formula is C24H31N3. The number of hydrogen-bond acceptors (Lipinski definition) is 3. The maximum atomic E-state index is 8.75. The van der Waals surface area contributed by atoms with E-state index < -0.39 is 0 Å². The smallest absolute Gasteiger partial charge is 0.0640 e. The molecule has 2 rings (SSSR count). The number of nitrogens with zero attached hydrogens (tertiary/aromatic N) is 3. The molecule has 0 radical (unpaired) electrons. The Morgan fingerprint density at radius 1 is 1.15 bits per heavy atom. The molecule has 0 aromatic heterocycles. The lowest BCUT2D eigenvalue weighted by Gasteiger charge is -2.20. The minimum atomic E-state index is 0.473. The van der Waals surface area contributed by atoms with Crippen LogP contribution in [0.3, 0.4) is 0 Å². The SMILES string of the molecule is CC(C/C=C/C1=CCC=C(N(C)CCC#N)C=C1)c1ccccc1N(C)C. The molecule has 0 heterocycles. The molecule has 0 fully saturated rings. The summed E-state index contributed by atoms with van der Waals surface area (Å²) in [5.41, 5.74) is 5.10. The zero-order chi connectivity index (χ0) is 19.6. The van der Waals surface area contributed by atoms with Crippen molar-refractivity contribution in [3.05, 3.63) is 77.6 Å². The second-order valence-corrected chi connectivity index (χ2v) is 7.22. The van der Waals surface area contributed by atoms with Crippen LogP contribution in [-0.4, -0.2) is 32.6 Å². The van der Waals surface area contributed by atoms with Crippen LogP contribution in [0.2, 0.25) is 0 Å². The maximum Gasteiger partial charge on any atom is 0.0640 e. The van der Waals surface area contributed by atoms with Crippen molar-refractivity contribution >= 4 is 5.69 Å². The van der Waals surface area contributed by atoms with Crippen molar-refractivity contribution in [3.8, 4) is 6.07 Å². The normalized spacial score (nSPS) is 14.9. The summed E-state index contributed by atoms with van der Waals surface area (Å²) in [4.78, 5) is 4.32. The Morgan fingerprint density at radius 3 is 2.67 bits per heavy atom. The highest BCUT2D eigenvalue weighted by Crippen LogP contribution is 2.29. The standard InChI is InChI=1S/C24H31N3/c1-20(23-14-5-6-15-24(23)26(2)3)10-7-11-21-12-8-13-22(17-16-21)27(4)19-9-18-25/h5-7,11-17,20H,8-10,19H2,1-4H3/b11-7+. The van der Waals surface area contributed by atoms with Crippen LogP contribution in [0.4, 0.5) is 5.69 Å². The highest BCUT2D eigenvalue weighted by Gasteiger charge is 2.10. The van der Waals surface area contributed by atoms with E-state index in [1.54, 1.807) is 0 Å². The van der Waals surface area contributed by atoms with Gasteiger partial charge in [-0.05, 0) is 42.0 Å². The van der Waals surface area contributed by atoms with Crippen LogP contribution >= 0.6 is 0 Å². The third kappa shape index (κ3) is 6.18. The van der Waals surface area contributed by atoms with Gasteiger partial charge in [0.15, 0.2) is 0 Å². The summed E-state index contributed by atoms with van der Waals surface area (Å²) < 4.78 is 0. The Balaban J connectivity index is 1.96. The predicted molar refractivity (Wildman–Crippen MR) is 116 cm³/mol. The molecule has 1 aliphatic carbocycles. The summed E-state index contributed by atoms with van der Waals surface area (Å²) in [5, 5.41) is 8.75. The predicted octanol–water partition coefficient (Wildman–Crippen LogP) is 5.42. The molecule has 1 aromatic rings. The van der Waals surface area contributed by atoms with E-state index >= 15 is 0 Å². The molecule has 0 N–H and O–H groups in total. The van der Waals surface area contributed by atoms with Crippen LogP contribution in [0.25, 0.3) is 0 Å². The lowest BCUT2D eigenvalue weighted by Crippen LogP contribution is -2.17. The number of likely N-dealkylation sites (N-methyl/N-ethyl adjacent to an activating group) is 1. The number of para-hydroxylation sites is 1. The third-order valence-electron chi connectivity index (χ3n) is 4.88. The average Bonchev–Trinajstić information content (AvgIpc) is 2.91. The molecule has 3 nitrogen and oxygen atoms in total. The summed E-state index contributed by atoms with van der Waals surface area (Å²) in [6.45, 7) is 3.05. The van der Waals surface area contributed by atoms with Gasteiger partial charge in [-0.3, -0.25) is 0 Å². The van der Waals surface area contributed by atoms with E-state index in [-0.39, 0.29) is 0 Å². The Labute approximate surface area is 164 Å². The first-order valence-electron chi connectivity index (χ1n) is 9.62. The van der Waals surface area contributed by atoms with Gasteiger partial charge in [-0.25, -0.2) is 0 Å². The fourth-order valence-corrected chi connectivity index (χ4v) is 3.23. The van der Waals surface area contributed by atoms with Gasteiger partial charge in [0.05, 0.1) is 12.5 Å². The minimum absolute atomic E-state index is 0.473. The second-order valence-electron chi connectivity index (χ2n) is 7.22. The summed E-state index contributed by atoms with van der Waals surface area (Å²) >= 11 is 0. The van der Waals surface area contributed by atoms with Gasteiger partial charge in [-0.2, -0.15) is 5.26 Å². The topological polar surface area (TPSA) is 30.3 Å². The fourth-order valence-electron chi connectivity index (χ4n) is 3.23. The van der Waals surface area contributed by atoms with Crippen molar-refractivity contribution in [1.29, 1.82) is 5.26 Å². The van der Waals surface area contributed by atoms with E-state index in [1.807, 2.05) is 7.05 Å². The monoisotopic (exact) mass is 361 g/mol. The van der Waals surface area contributed by atoms with Crippen LogP contribution < -0.4 is 4.90 Å². The summed E-state index contributed by atoms with van der Waals surface area (Å²) in [7, 11) is 6.24. The van der Waals surface area contributed by atoms with Crippen molar-refractivity contribution in [2.24, 2.45) is 0 Å². The lowest BCUT2D eigenvalue weighted by atomic mass is 9.95. The van der Waals surface area contributed by atoms with E-state index in [9.17, 15) is 0 Å². The molecule has 142 valence electrons. The fraction of sp³-hybridized carbons (Fsp3) is 0.375. The molecule has 0 bridgehead atoms. The first kappa shape index (κ1) is 20.6. The van der Waals surface area contributed by atoms with Crippen LogP contribution in [0.15, 0.2) is 72.0 Å². The lowest BCUT2D eigenvalue weighted by molar-refractivity contribution is 0.439. The zero-order valence-corrected chi connectivity index (χ0v) is 17.0. The van der Waals surface area contributed by atoms with Gasteiger partial charge >= 0.3 is 0 Å². The van der Waals surface area contributed by atoms with Crippen LogP contribution in [0.1, 0.15) is 37.7 Å². The van der Waals surface area contributed by atoms with Crippen molar-refractivity contribution < 1.29 is 0 Å². The van der Waals surface area contributed by atoms with Crippen molar-refractivity contribution in [2.45, 2.75) is 32.1 Å². The van der Waals surface area contributed by atoms with E-state index in [1.165, 1.54) is 22.5 Å². The molecule has 1 aliphatic rings. The summed E-state index contributed by atoms with van der Waals surface area (Å²) in [5.74, 6) is 0.473. The Kier molecular flexibility index (Phi) is 7.95. The number of nitriles is 1. The number of allylic oxidation sites excluding steroid dienone is 7. The average molecular weight is 362 g/mol. The van der Waals surface area contributed by atoms with Gasteiger partial charge in [0.2, 0.25) is 0 Å². The first-order chi connectivity index (χ1) is 13.0. The molecule has 27 heavy (non-hydrogen) atoms. The third-order valence-corrected chi connectivity index (χ3v) is 4.88. The number of anilines is 1. The highest BCUT2D eigenvalue weighted by atomic mass is 15.1. The number of benzene rings is 1. The Bertz CT molecular complexity index is 775. The van der Waals surface area contributed by atoms with E-state index in [0.717, 1.165) is 19.4 Å². The molecule has 0 spiro atoms. The van der Waals surface area contributed by atoms with Crippen molar-refractivity contribution in [3.63, 3.8) is 0 Å². The quantitative estimate of drug-likeness (QED) is 0.619. The van der Waals surface area contributed by atoms with Crippen molar-refractivity contribution in [1.82, 2.24) is 4.90 Å². The van der Waals surface area contributed by atoms with Crippen LogP contribution in [-0.2, 0) is 0 Å². The molecule has 0 saturated heterocycles. The van der Waals surface area contributed by atoms with Gasteiger partial charge < -0.3 is 9.80 Å². The largest absolute Gasteiger partial charge is 0.377 e. The van der Waals surface area contributed by atoms with Crippen LogP contribution in [0.5, 0.6) is 0 Å². The first-order valence-corrected chi connectivity index (χ1v) is 9.62. The van der Waals surface area contributed by atoms with E-state index in [2.05, 4.69) is 97.6 Å². The maximum absolute atomic E-state index is 8.75. The second kappa shape index (κ2) is 10.4. The highest BCUT2D eigenvalue weighted by molar-refractivity contribution is 5.54. The zero-order valence-electron chi connectivity index (χ0n) is 17.0. The Hall–Kier alpha value is -2.73. The summed E-state index contributed by atoms with van der Waals surface area (Å²) in [6.07, 6.45) is 15.7. The van der Waals surface area contributed by atoms with Gasteiger partial charge in [0, 0.05) is 39.1 Å². The minimum Gasteiger partial charge on any atom is -0.377 e. The summed E-state index contributed by atoms with van der Waals surface area (Å²) in [6, 6.07) is 10.8. The molecule has 1 unspecified atom stereocenters. The molecule has 0 aliphatic heterocycles. The van der Waals surface area contributed by atoms with Gasteiger partial charge in [-0.1, -0.05) is 55.5 Å². The molecular weight excluding hydrogens is 330 g/mol. The van der Waals surface area contributed by atoms with Gasteiger partial charge in [-0.15, -0.1) is 0 Å². The molecule has 0 amide bonds.